The Morgan fingerprint density at radius 3 is 1.38 bits per heavy atom. The molecule has 0 aliphatic carbocycles. The fourth-order valence-corrected chi connectivity index (χ4v) is 8.19. The summed E-state index contributed by atoms with van der Waals surface area (Å²) in [6, 6.07) is 81.4. The standard InChI is InChI=1S/C54H37N/c1-3-13-38(14-4-1)39-29-33-46(34-30-39)55(53-26-12-19-42-27-28-45(37-52(42)53)49-23-9-18-40-17-7-8-22-48(40)49)47-35-31-43(32-36-47)51-25-11-21-44-20-10-24-50(54(44)51)41-15-5-2-6-16-41/h1-37H. The SMILES string of the molecule is c1ccc(-c2ccc(N(c3ccc(-c4cccc5cccc(-c6ccccc6)c45)cc3)c3cccc4ccc(-c5cccc6ccccc56)cc34)cc2)cc1. The van der Waals surface area contributed by atoms with Crippen LogP contribution in [-0.4, -0.2) is 0 Å². The lowest BCUT2D eigenvalue weighted by molar-refractivity contribution is 1.30. The molecule has 0 radical (unpaired) electrons. The largest absolute Gasteiger partial charge is 0.310 e. The second-order valence-electron chi connectivity index (χ2n) is 14.1. The predicted octanol–water partition coefficient (Wildman–Crippen LogP) is 15.3. The lowest BCUT2D eigenvalue weighted by atomic mass is 9.91. The quantitative estimate of drug-likeness (QED) is 0.160. The topological polar surface area (TPSA) is 3.24 Å². The summed E-state index contributed by atoms with van der Waals surface area (Å²) in [5, 5.41) is 7.41. The zero-order chi connectivity index (χ0) is 36.6. The number of hydrogen-bond acceptors (Lipinski definition) is 1. The number of hydrogen-bond donors (Lipinski definition) is 0. The van der Waals surface area contributed by atoms with Gasteiger partial charge >= 0.3 is 0 Å². The van der Waals surface area contributed by atoms with Crippen LogP contribution in [0, 0.1) is 0 Å². The van der Waals surface area contributed by atoms with Gasteiger partial charge in [0.1, 0.15) is 0 Å². The van der Waals surface area contributed by atoms with E-state index in [1.807, 2.05) is 0 Å². The highest BCUT2D eigenvalue weighted by atomic mass is 15.1. The van der Waals surface area contributed by atoms with Crippen LogP contribution in [0.2, 0.25) is 0 Å². The molecule has 258 valence electrons. The highest BCUT2D eigenvalue weighted by molar-refractivity contribution is 6.07. The molecule has 0 N–H and O–H groups in total. The molecule has 0 atom stereocenters. The van der Waals surface area contributed by atoms with Crippen LogP contribution in [0.1, 0.15) is 0 Å². The van der Waals surface area contributed by atoms with E-state index >= 15 is 0 Å². The van der Waals surface area contributed by atoms with Crippen molar-refractivity contribution < 1.29 is 0 Å². The van der Waals surface area contributed by atoms with Crippen molar-refractivity contribution in [1.82, 2.24) is 0 Å². The normalized spacial score (nSPS) is 11.3. The predicted molar refractivity (Wildman–Crippen MR) is 235 cm³/mol. The molecule has 0 aromatic heterocycles. The third kappa shape index (κ3) is 6.02. The molecule has 0 saturated carbocycles. The van der Waals surface area contributed by atoms with Gasteiger partial charge in [-0.15, -0.1) is 0 Å². The van der Waals surface area contributed by atoms with E-state index in [0.717, 1.165) is 17.1 Å². The van der Waals surface area contributed by atoms with E-state index in [9.17, 15) is 0 Å². The lowest BCUT2D eigenvalue weighted by Crippen LogP contribution is -2.10. The van der Waals surface area contributed by atoms with E-state index in [1.54, 1.807) is 0 Å². The van der Waals surface area contributed by atoms with Crippen LogP contribution < -0.4 is 4.90 Å². The molecule has 0 unspecified atom stereocenters. The van der Waals surface area contributed by atoms with Gasteiger partial charge in [-0.05, 0) is 108 Å². The molecular weight excluding hydrogens is 663 g/mol. The van der Waals surface area contributed by atoms with Gasteiger partial charge in [0, 0.05) is 16.8 Å². The zero-order valence-corrected chi connectivity index (χ0v) is 30.3. The van der Waals surface area contributed by atoms with Gasteiger partial charge in [-0.1, -0.05) is 188 Å². The van der Waals surface area contributed by atoms with Crippen molar-refractivity contribution in [1.29, 1.82) is 0 Å². The summed E-state index contributed by atoms with van der Waals surface area (Å²) in [6.45, 7) is 0. The maximum absolute atomic E-state index is 2.41. The summed E-state index contributed by atoms with van der Waals surface area (Å²) in [4.78, 5) is 2.41. The molecule has 10 aromatic rings. The maximum atomic E-state index is 2.41. The molecule has 0 aliphatic heterocycles. The molecule has 0 fully saturated rings. The van der Waals surface area contributed by atoms with Crippen LogP contribution in [0.25, 0.3) is 76.8 Å². The van der Waals surface area contributed by atoms with Crippen LogP contribution in [0.15, 0.2) is 224 Å². The van der Waals surface area contributed by atoms with Crippen molar-refractivity contribution in [2.24, 2.45) is 0 Å². The van der Waals surface area contributed by atoms with Crippen LogP contribution in [0.5, 0.6) is 0 Å². The molecule has 0 spiro atoms. The van der Waals surface area contributed by atoms with Crippen molar-refractivity contribution in [2.75, 3.05) is 4.90 Å². The lowest BCUT2D eigenvalue weighted by Gasteiger charge is -2.27. The smallest absolute Gasteiger partial charge is 0.0540 e. The number of fused-ring (bicyclic) bond motifs is 3. The molecule has 0 amide bonds. The minimum Gasteiger partial charge on any atom is -0.310 e. The molecule has 55 heavy (non-hydrogen) atoms. The summed E-state index contributed by atoms with van der Waals surface area (Å²) < 4.78 is 0. The molecule has 1 nitrogen and oxygen atoms in total. The summed E-state index contributed by atoms with van der Waals surface area (Å²) in [7, 11) is 0. The highest BCUT2D eigenvalue weighted by Gasteiger charge is 2.18. The van der Waals surface area contributed by atoms with Crippen molar-refractivity contribution >= 4 is 49.4 Å². The van der Waals surface area contributed by atoms with Crippen LogP contribution >= 0.6 is 0 Å². The number of rotatable bonds is 7. The average molecular weight is 700 g/mol. The van der Waals surface area contributed by atoms with Crippen LogP contribution in [-0.2, 0) is 0 Å². The van der Waals surface area contributed by atoms with Crippen molar-refractivity contribution in [3.63, 3.8) is 0 Å². The average Bonchev–Trinajstić information content (AvgIpc) is 3.27. The van der Waals surface area contributed by atoms with Gasteiger partial charge in [0.15, 0.2) is 0 Å². The van der Waals surface area contributed by atoms with Gasteiger partial charge in [-0.2, -0.15) is 0 Å². The molecule has 10 rings (SSSR count). The Balaban J connectivity index is 1.13. The van der Waals surface area contributed by atoms with E-state index < -0.39 is 0 Å². The Bertz CT molecular complexity index is 2940. The second-order valence-corrected chi connectivity index (χ2v) is 14.1. The Kier molecular flexibility index (Phi) is 8.24. The van der Waals surface area contributed by atoms with Crippen molar-refractivity contribution in [3.05, 3.63) is 224 Å². The van der Waals surface area contributed by atoms with E-state index in [1.165, 1.54) is 76.8 Å². The molecular formula is C54H37N. The van der Waals surface area contributed by atoms with Crippen molar-refractivity contribution in [3.8, 4) is 44.5 Å². The summed E-state index contributed by atoms with van der Waals surface area (Å²) in [6.07, 6.45) is 0. The van der Waals surface area contributed by atoms with Gasteiger partial charge in [0.25, 0.3) is 0 Å². The zero-order valence-electron chi connectivity index (χ0n) is 30.3. The van der Waals surface area contributed by atoms with Gasteiger partial charge in [0.05, 0.1) is 5.69 Å². The number of benzene rings is 10. The molecule has 0 heterocycles. The number of anilines is 3. The Morgan fingerprint density at radius 1 is 0.255 bits per heavy atom. The monoisotopic (exact) mass is 699 g/mol. The van der Waals surface area contributed by atoms with Gasteiger partial charge in [-0.3, -0.25) is 0 Å². The first kappa shape index (κ1) is 32.4. The summed E-state index contributed by atoms with van der Waals surface area (Å²) in [5.74, 6) is 0. The first-order valence-electron chi connectivity index (χ1n) is 18.9. The van der Waals surface area contributed by atoms with Gasteiger partial charge in [0.2, 0.25) is 0 Å². The Hall–Kier alpha value is -7.22. The number of nitrogens with zero attached hydrogens (tertiary/aromatic N) is 1. The molecule has 0 aliphatic rings. The summed E-state index contributed by atoms with van der Waals surface area (Å²) >= 11 is 0. The minimum absolute atomic E-state index is 1.10. The Morgan fingerprint density at radius 2 is 0.709 bits per heavy atom. The molecule has 0 bridgehead atoms. The fourth-order valence-electron chi connectivity index (χ4n) is 8.19. The van der Waals surface area contributed by atoms with Crippen molar-refractivity contribution in [2.45, 2.75) is 0 Å². The fraction of sp³-hybridized carbons (Fsp3) is 0. The first-order chi connectivity index (χ1) is 27.3. The highest BCUT2D eigenvalue weighted by Crippen LogP contribution is 2.43. The minimum atomic E-state index is 1.10. The third-order valence-corrected chi connectivity index (χ3v) is 10.9. The molecule has 0 saturated heterocycles. The van der Waals surface area contributed by atoms with Crippen LogP contribution in [0.4, 0.5) is 17.1 Å². The van der Waals surface area contributed by atoms with E-state index in [-0.39, 0.29) is 0 Å². The second kappa shape index (κ2) is 14.0. The Labute approximate surface area is 322 Å². The maximum Gasteiger partial charge on any atom is 0.0540 e. The first-order valence-corrected chi connectivity index (χ1v) is 18.9. The molecule has 10 aromatic carbocycles. The molecule has 1 heteroatoms. The third-order valence-electron chi connectivity index (χ3n) is 10.9. The van der Waals surface area contributed by atoms with Gasteiger partial charge < -0.3 is 4.90 Å². The van der Waals surface area contributed by atoms with Crippen LogP contribution in [0.3, 0.4) is 0 Å². The van der Waals surface area contributed by atoms with Gasteiger partial charge in [-0.25, -0.2) is 0 Å². The van der Waals surface area contributed by atoms with E-state index in [4.69, 9.17) is 0 Å². The summed E-state index contributed by atoms with van der Waals surface area (Å²) in [5.41, 5.74) is 13.1. The van der Waals surface area contributed by atoms with E-state index in [2.05, 4.69) is 229 Å². The van der Waals surface area contributed by atoms with E-state index in [0.29, 0.717) is 0 Å².